The summed E-state index contributed by atoms with van der Waals surface area (Å²) in [5.74, 6) is 1.15. The number of anilines is 4. The molecule has 0 radical (unpaired) electrons. The summed E-state index contributed by atoms with van der Waals surface area (Å²) in [6.07, 6.45) is 5.26. The SMILES string of the molecule is CN1CCN(c2ccc(Nc3ncc(Cl)c(NCC4CCCCO4)n3)cc2)CC1. The molecule has 2 fully saturated rings. The van der Waals surface area contributed by atoms with Crippen molar-refractivity contribution in [2.75, 3.05) is 61.9 Å². The lowest BCUT2D eigenvalue weighted by molar-refractivity contribution is 0.0247. The molecule has 2 aliphatic rings. The van der Waals surface area contributed by atoms with E-state index in [0.717, 1.165) is 51.3 Å². The standard InChI is InChI=1S/C21H29ClN6O/c1-27-9-11-28(12-10-27)17-7-5-16(6-8-17)25-21-24-15-19(22)20(26-21)23-14-18-4-2-3-13-29-18/h5-8,15,18H,2-4,9-14H2,1H3,(H2,23,24,25,26). The number of nitrogens with zero attached hydrogens (tertiary/aromatic N) is 4. The fourth-order valence-electron chi connectivity index (χ4n) is 3.68. The third kappa shape index (κ3) is 5.50. The Morgan fingerprint density at radius 3 is 2.66 bits per heavy atom. The molecule has 2 saturated heterocycles. The Balaban J connectivity index is 1.36. The number of likely N-dealkylation sites (N-methyl/N-ethyl adjacent to an activating group) is 1. The molecule has 2 aromatic rings. The van der Waals surface area contributed by atoms with E-state index >= 15 is 0 Å². The first kappa shape index (κ1) is 20.2. The molecule has 1 atom stereocenters. The average molecular weight is 417 g/mol. The van der Waals surface area contributed by atoms with Gasteiger partial charge in [0.05, 0.1) is 12.3 Å². The van der Waals surface area contributed by atoms with Crippen LogP contribution in [0.1, 0.15) is 19.3 Å². The fraction of sp³-hybridized carbons (Fsp3) is 0.524. The van der Waals surface area contributed by atoms with Crippen LogP contribution >= 0.6 is 11.6 Å². The summed E-state index contributed by atoms with van der Waals surface area (Å²) in [4.78, 5) is 13.6. The smallest absolute Gasteiger partial charge is 0.229 e. The Morgan fingerprint density at radius 2 is 1.93 bits per heavy atom. The minimum Gasteiger partial charge on any atom is -0.376 e. The van der Waals surface area contributed by atoms with Crippen molar-refractivity contribution < 1.29 is 4.74 Å². The Labute approximate surface area is 177 Å². The van der Waals surface area contributed by atoms with E-state index in [0.29, 0.717) is 23.3 Å². The highest BCUT2D eigenvalue weighted by Crippen LogP contribution is 2.24. The molecule has 29 heavy (non-hydrogen) atoms. The second-order valence-electron chi connectivity index (χ2n) is 7.72. The molecule has 4 rings (SSSR count). The highest BCUT2D eigenvalue weighted by Gasteiger charge is 2.16. The lowest BCUT2D eigenvalue weighted by atomic mass is 10.1. The van der Waals surface area contributed by atoms with Crippen molar-refractivity contribution in [2.45, 2.75) is 25.4 Å². The number of hydrogen-bond acceptors (Lipinski definition) is 7. The number of benzene rings is 1. The Bertz CT molecular complexity index is 788. The summed E-state index contributed by atoms with van der Waals surface area (Å²) in [7, 11) is 2.17. The zero-order valence-electron chi connectivity index (χ0n) is 16.9. The van der Waals surface area contributed by atoms with E-state index in [2.05, 4.69) is 61.7 Å². The molecule has 0 spiro atoms. The zero-order valence-corrected chi connectivity index (χ0v) is 17.7. The maximum absolute atomic E-state index is 6.27. The molecule has 0 bridgehead atoms. The van der Waals surface area contributed by atoms with Crippen LogP contribution in [-0.4, -0.2) is 67.4 Å². The van der Waals surface area contributed by atoms with Gasteiger partial charge in [0.15, 0.2) is 5.82 Å². The van der Waals surface area contributed by atoms with Crippen LogP contribution in [0.25, 0.3) is 0 Å². The zero-order chi connectivity index (χ0) is 20.1. The molecule has 1 aromatic heterocycles. The summed E-state index contributed by atoms with van der Waals surface area (Å²) in [6.45, 7) is 5.85. The van der Waals surface area contributed by atoms with Gasteiger partial charge in [-0.25, -0.2) is 4.98 Å². The predicted octanol–water partition coefficient (Wildman–Crippen LogP) is 3.61. The van der Waals surface area contributed by atoms with Gasteiger partial charge in [-0.3, -0.25) is 0 Å². The molecule has 1 unspecified atom stereocenters. The van der Waals surface area contributed by atoms with Crippen molar-refractivity contribution >= 4 is 34.7 Å². The van der Waals surface area contributed by atoms with Gasteiger partial charge in [0.25, 0.3) is 0 Å². The first-order chi connectivity index (χ1) is 14.2. The van der Waals surface area contributed by atoms with Crippen molar-refractivity contribution in [3.63, 3.8) is 0 Å². The number of rotatable bonds is 6. The number of aromatic nitrogens is 2. The molecular weight excluding hydrogens is 388 g/mol. The van der Waals surface area contributed by atoms with E-state index in [1.165, 1.54) is 12.1 Å². The number of ether oxygens (including phenoxy) is 1. The lowest BCUT2D eigenvalue weighted by Crippen LogP contribution is -2.44. The highest BCUT2D eigenvalue weighted by molar-refractivity contribution is 6.32. The van der Waals surface area contributed by atoms with Crippen molar-refractivity contribution in [1.82, 2.24) is 14.9 Å². The number of halogens is 1. The Morgan fingerprint density at radius 1 is 1.14 bits per heavy atom. The quantitative estimate of drug-likeness (QED) is 0.745. The van der Waals surface area contributed by atoms with Crippen molar-refractivity contribution in [1.29, 1.82) is 0 Å². The maximum atomic E-state index is 6.27. The predicted molar refractivity (Wildman–Crippen MR) is 119 cm³/mol. The minimum absolute atomic E-state index is 0.216. The third-order valence-electron chi connectivity index (χ3n) is 5.51. The van der Waals surface area contributed by atoms with Gasteiger partial charge in [0, 0.05) is 50.7 Å². The van der Waals surface area contributed by atoms with Crippen LogP contribution in [-0.2, 0) is 4.74 Å². The average Bonchev–Trinajstić information content (AvgIpc) is 2.76. The third-order valence-corrected chi connectivity index (χ3v) is 5.78. The van der Waals surface area contributed by atoms with Gasteiger partial charge in [0.1, 0.15) is 5.02 Å². The van der Waals surface area contributed by atoms with Crippen LogP contribution in [0.15, 0.2) is 30.5 Å². The second kappa shape index (κ2) is 9.61. The molecule has 0 aliphatic carbocycles. The van der Waals surface area contributed by atoms with Crippen molar-refractivity contribution in [3.8, 4) is 0 Å². The number of nitrogens with one attached hydrogen (secondary N) is 2. The van der Waals surface area contributed by atoms with Crippen LogP contribution in [0.5, 0.6) is 0 Å². The van der Waals surface area contributed by atoms with E-state index in [4.69, 9.17) is 16.3 Å². The van der Waals surface area contributed by atoms with Gasteiger partial charge in [-0.05, 0) is 50.6 Å². The lowest BCUT2D eigenvalue weighted by Gasteiger charge is -2.34. The van der Waals surface area contributed by atoms with E-state index in [1.54, 1.807) is 6.20 Å². The van der Waals surface area contributed by atoms with Crippen LogP contribution in [0, 0.1) is 0 Å². The molecule has 156 valence electrons. The maximum Gasteiger partial charge on any atom is 0.229 e. The molecule has 8 heteroatoms. The number of piperazine rings is 1. The van der Waals surface area contributed by atoms with Crippen LogP contribution in [0.2, 0.25) is 5.02 Å². The molecular formula is C21H29ClN6O. The van der Waals surface area contributed by atoms with E-state index in [-0.39, 0.29) is 6.10 Å². The molecule has 0 saturated carbocycles. The normalized spacial score (nSPS) is 20.5. The van der Waals surface area contributed by atoms with Gasteiger partial charge in [-0.2, -0.15) is 4.98 Å². The topological polar surface area (TPSA) is 65.5 Å². The van der Waals surface area contributed by atoms with Crippen molar-refractivity contribution in [2.24, 2.45) is 0 Å². The summed E-state index contributed by atoms with van der Waals surface area (Å²) < 4.78 is 5.76. The van der Waals surface area contributed by atoms with Gasteiger partial charge in [-0.15, -0.1) is 0 Å². The van der Waals surface area contributed by atoms with E-state index < -0.39 is 0 Å². The van der Waals surface area contributed by atoms with Crippen LogP contribution in [0.3, 0.4) is 0 Å². The monoisotopic (exact) mass is 416 g/mol. The van der Waals surface area contributed by atoms with Crippen LogP contribution in [0.4, 0.5) is 23.1 Å². The van der Waals surface area contributed by atoms with Gasteiger partial charge >= 0.3 is 0 Å². The molecule has 3 heterocycles. The second-order valence-corrected chi connectivity index (χ2v) is 8.13. The first-order valence-electron chi connectivity index (χ1n) is 10.4. The van der Waals surface area contributed by atoms with Gasteiger partial charge < -0.3 is 25.2 Å². The summed E-state index contributed by atoms with van der Waals surface area (Å²) in [5, 5.41) is 7.08. The van der Waals surface area contributed by atoms with E-state index in [1.807, 2.05) is 0 Å². The minimum atomic E-state index is 0.216. The largest absolute Gasteiger partial charge is 0.376 e. The molecule has 1 aromatic carbocycles. The Kier molecular flexibility index (Phi) is 6.69. The van der Waals surface area contributed by atoms with Crippen molar-refractivity contribution in [3.05, 3.63) is 35.5 Å². The molecule has 2 N–H and O–H groups in total. The summed E-state index contributed by atoms with van der Waals surface area (Å²) in [6, 6.07) is 8.41. The highest BCUT2D eigenvalue weighted by atomic mass is 35.5. The van der Waals surface area contributed by atoms with Gasteiger partial charge in [-0.1, -0.05) is 11.6 Å². The van der Waals surface area contributed by atoms with E-state index in [9.17, 15) is 0 Å². The molecule has 7 nitrogen and oxygen atoms in total. The number of hydrogen-bond donors (Lipinski definition) is 2. The summed E-state index contributed by atoms with van der Waals surface area (Å²) in [5.41, 5.74) is 2.20. The Hall–Kier alpha value is -2.09. The fourth-order valence-corrected chi connectivity index (χ4v) is 3.84. The first-order valence-corrected chi connectivity index (χ1v) is 10.7. The molecule has 0 amide bonds. The van der Waals surface area contributed by atoms with Gasteiger partial charge in [0.2, 0.25) is 5.95 Å². The summed E-state index contributed by atoms with van der Waals surface area (Å²) >= 11 is 6.27. The molecule has 2 aliphatic heterocycles. The van der Waals surface area contributed by atoms with Crippen LogP contribution < -0.4 is 15.5 Å².